The largest absolute Gasteiger partial charge is 0.495 e. The summed E-state index contributed by atoms with van der Waals surface area (Å²) in [4.78, 5) is 25.2. The van der Waals surface area contributed by atoms with Crippen molar-refractivity contribution in [3.05, 3.63) is 16.3 Å². The zero-order valence-corrected chi connectivity index (χ0v) is 11.1. The van der Waals surface area contributed by atoms with E-state index in [0.29, 0.717) is 23.7 Å². The minimum atomic E-state index is -0.805. The van der Waals surface area contributed by atoms with Gasteiger partial charge < -0.3 is 14.7 Å². The predicted octanol–water partition coefficient (Wildman–Crippen LogP) is 1.55. The van der Waals surface area contributed by atoms with E-state index in [4.69, 9.17) is 9.84 Å². The predicted molar refractivity (Wildman–Crippen MR) is 67.1 cm³/mol. The third-order valence-electron chi connectivity index (χ3n) is 3.34. The van der Waals surface area contributed by atoms with Crippen molar-refractivity contribution < 1.29 is 19.4 Å². The van der Waals surface area contributed by atoms with Crippen molar-refractivity contribution in [2.24, 2.45) is 11.8 Å². The van der Waals surface area contributed by atoms with Gasteiger partial charge in [0.05, 0.1) is 13.0 Å². The van der Waals surface area contributed by atoms with Crippen molar-refractivity contribution in [1.29, 1.82) is 0 Å². The van der Waals surface area contributed by atoms with Crippen molar-refractivity contribution >= 4 is 23.2 Å². The summed E-state index contributed by atoms with van der Waals surface area (Å²) in [6.07, 6.45) is 0. The summed E-state index contributed by atoms with van der Waals surface area (Å²) in [5.74, 6) is -0.645. The monoisotopic (exact) mass is 269 g/mol. The lowest BCUT2D eigenvalue weighted by atomic mass is 9.87. The van der Waals surface area contributed by atoms with Crippen LogP contribution in [0.25, 0.3) is 0 Å². The molecular weight excluding hydrogens is 254 g/mol. The van der Waals surface area contributed by atoms with Crippen LogP contribution in [0.4, 0.5) is 0 Å². The Morgan fingerprint density at radius 1 is 1.56 bits per heavy atom. The van der Waals surface area contributed by atoms with Crippen molar-refractivity contribution in [3.63, 3.8) is 0 Å². The van der Waals surface area contributed by atoms with Gasteiger partial charge in [0.1, 0.15) is 10.6 Å². The standard InChI is InChI=1S/C12H15NO4S/c1-7(12(15)16)8-5-13(6-8)11(14)10-9(17-2)3-4-18-10/h3-4,7-8H,5-6H2,1-2H3,(H,15,16). The molecule has 1 fully saturated rings. The number of nitrogens with zero attached hydrogens (tertiary/aromatic N) is 1. The Morgan fingerprint density at radius 3 is 2.78 bits per heavy atom. The molecule has 6 heteroatoms. The van der Waals surface area contributed by atoms with Gasteiger partial charge in [-0.3, -0.25) is 9.59 Å². The van der Waals surface area contributed by atoms with Gasteiger partial charge in [-0.25, -0.2) is 0 Å². The Balaban J connectivity index is 1.96. The van der Waals surface area contributed by atoms with E-state index in [1.165, 1.54) is 18.4 Å². The SMILES string of the molecule is COc1ccsc1C(=O)N1CC(C(C)C(=O)O)C1. The molecule has 1 aliphatic rings. The first-order valence-corrected chi connectivity index (χ1v) is 6.56. The highest BCUT2D eigenvalue weighted by Gasteiger charge is 2.38. The minimum absolute atomic E-state index is 0.0532. The van der Waals surface area contributed by atoms with E-state index in [1.807, 2.05) is 5.38 Å². The van der Waals surface area contributed by atoms with Gasteiger partial charge in [-0.05, 0) is 11.4 Å². The normalized spacial score (nSPS) is 17.1. The van der Waals surface area contributed by atoms with Crippen LogP contribution >= 0.6 is 11.3 Å². The Labute approximate surface area is 109 Å². The maximum Gasteiger partial charge on any atom is 0.306 e. The number of carbonyl (C=O) groups is 2. The lowest BCUT2D eigenvalue weighted by Gasteiger charge is -2.41. The second kappa shape index (κ2) is 4.97. The molecule has 0 radical (unpaired) electrons. The summed E-state index contributed by atoms with van der Waals surface area (Å²) in [5, 5.41) is 10.7. The number of thiophene rings is 1. The smallest absolute Gasteiger partial charge is 0.306 e. The van der Waals surface area contributed by atoms with Crippen LogP contribution < -0.4 is 4.74 Å². The Kier molecular flexibility index (Phi) is 3.56. The molecule has 0 aliphatic carbocycles. The molecule has 1 aromatic rings. The highest BCUT2D eigenvalue weighted by Crippen LogP contribution is 2.31. The number of carboxylic acids is 1. The molecule has 1 atom stereocenters. The van der Waals surface area contributed by atoms with E-state index >= 15 is 0 Å². The van der Waals surface area contributed by atoms with Crippen molar-refractivity contribution in [1.82, 2.24) is 4.90 Å². The van der Waals surface area contributed by atoms with E-state index < -0.39 is 11.9 Å². The number of carboxylic acid groups (broad SMARTS) is 1. The van der Waals surface area contributed by atoms with Gasteiger partial charge in [0.2, 0.25) is 0 Å². The first-order chi connectivity index (χ1) is 8.54. The molecule has 98 valence electrons. The van der Waals surface area contributed by atoms with Gasteiger partial charge in [-0.2, -0.15) is 0 Å². The molecule has 1 N–H and O–H groups in total. The quantitative estimate of drug-likeness (QED) is 0.900. The molecule has 1 aromatic heterocycles. The van der Waals surface area contributed by atoms with Gasteiger partial charge >= 0.3 is 5.97 Å². The number of carbonyl (C=O) groups excluding carboxylic acids is 1. The summed E-state index contributed by atoms with van der Waals surface area (Å²) in [6, 6.07) is 1.76. The van der Waals surface area contributed by atoms with Gasteiger partial charge in [0.15, 0.2) is 0 Å². The number of likely N-dealkylation sites (tertiary alicyclic amines) is 1. The van der Waals surface area contributed by atoms with E-state index in [9.17, 15) is 9.59 Å². The number of hydrogen-bond acceptors (Lipinski definition) is 4. The number of methoxy groups -OCH3 is 1. The van der Waals surface area contributed by atoms with Crippen LogP contribution in [0, 0.1) is 11.8 Å². The third-order valence-corrected chi connectivity index (χ3v) is 4.22. The summed E-state index contributed by atoms with van der Waals surface area (Å²) < 4.78 is 5.11. The van der Waals surface area contributed by atoms with Crippen LogP contribution in [0.5, 0.6) is 5.75 Å². The number of aliphatic carboxylic acids is 1. The molecule has 18 heavy (non-hydrogen) atoms. The zero-order chi connectivity index (χ0) is 13.3. The maximum absolute atomic E-state index is 12.1. The first-order valence-electron chi connectivity index (χ1n) is 5.68. The van der Waals surface area contributed by atoms with E-state index in [-0.39, 0.29) is 11.8 Å². The molecule has 1 unspecified atom stereocenters. The number of rotatable bonds is 4. The topological polar surface area (TPSA) is 66.8 Å². The lowest BCUT2D eigenvalue weighted by Crippen LogP contribution is -2.53. The molecular formula is C12H15NO4S. The van der Waals surface area contributed by atoms with E-state index in [2.05, 4.69) is 0 Å². The van der Waals surface area contributed by atoms with Crippen molar-refractivity contribution in [2.45, 2.75) is 6.92 Å². The Morgan fingerprint density at radius 2 is 2.22 bits per heavy atom. The van der Waals surface area contributed by atoms with Crippen LogP contribution in [-0.4, -0.2) is 42.1 Å². The number of amides is 1. The molecule has 0 aromatic carbocycles. The average Bonchev–Trinajstić information content (AvgIpc) is 2.74. The van der Waals surface area contributed by atoms with Crippen LogP contribution in [0.2, 0.25) is 0 Å². The van der Waals surface area contributed by atoms with Gasteiger partial charge in [-0.15, -0.1) is 11.3 Å². The first kappa shape index (κ1) is 12.9. The second-order valence-corrected chi connectivity index (χ2v) is 5.33. The summed E-state index contributed by atoms with van der Waals surface area (Å²) in [6.45, 7) is 2.70. The van der Waals surface area contributed by atoms with Crippen LogP contribution in [0.1, 0.15) is 16.6 Å². The summed E-state index contributed by atoms with van der Waals surface area (Å²) >= 11 is 1.34. The van der Waals surface area contributed by atoms with E-state index in [0.717, 1.165) is 0 Å². The molecule has 0 bridgehead atoms. The van der Waals surface area contributed by atoms with Crippen LogP contribution in [0.3, 0.4) is 0 Å². The van der Waals surface area contributed by atoms with Gasteiger partial charge in [0, 0.05) is 19.0 Å². The second-order valence-electron chi connectivity index (χ2n) is 4.42. The summed E-state index contributed by atoms with van der Waals surface area (Å²) in [7, 11) is 1.53. The van der Waals surface area contributed by atoms with Gasteiger partial charge in [-0.1, -0.05) is 6.92 Å². The molecule has 1 amide bonds. The Bertz CT molecular complexity index is 464. The molecule has 5 nitrogen and oxygen atoms in total. The van der Waals surface area contributed by atoms with Crippen molar-refractivity contribution in [3.8, 4) is 5.75 Å². The number of hydrogen-bond donors (Lipinski definition) is 1. The lowest BCUT2D eigenvalue weighted by molar-refractivity contribution is -0.144. The molecule has 2 rings (SSSR count). The van der Waals surface area contributed by atoms with E-state index in [1.54, 1.807) is 17.9 Å². The highest BCUT2D eigenvalue weighted by atomic mass is 32.1. The van der Waals surface area contributed by atoms with Gasteiger partial charge in [0.25, 0.3) is 5.91 Å². The average molecular weight is 269 g/mol. The van der Waals surface area contributed by atoms with Crippen LogP contribution in [-0.2, 0) is 4.79 Å². The summed E-state index contributed by atoms with van der Waals surface area (Å²) in [5.41, 5.74) is 0. The highest BCUT2D eigenvalue weighted by molar-refractivity contribution is 7.12. The molecule has 0 saturated carbocycles. The molecule has 2 heterocycles. The van der Waals surface area contributed by atoms with Crippen molar-refractivity contribution in [2.75, 3.05) is 20.2 Å². The molecule has 1 saturated heterocycles. The third kappa shape index (κ3) is 2.20. The fourth-order valence-corrected chi connectivity index (χ4v) is 2.78. The Hall–Kier alpha value is -1.56. The van der Waals surface area contributed by atoms with Crippen LogP contribution in [0.15, 0.2) is 11.4 Å². The maximum atomic E-state index is 12.1. The number of ether oxygens (including phenoxy) is 1. The fourth-order valence-electron chi connectivity index (χ4n) is 1.95. The molecule has 0 spiro atoms. The minimum Gasteiger partial charge on any atom is -0.495 e. The fraction of sp³-hybridized carbons (Fsp3) is 0.500. The molecule has 1 aliphatic heterocycles. The zero-order valence-electron chi connectivity index (χ0n) is 10.3.